The van der Waals surface area contributed by atoms with E-state index in [2.05, 4.69) is 10.2 Å². The lowest BCUT2D eigenvalue weighted by atomic mass is 9.99. The Balaban J connectivity index is 0.00000288. The van der Waals surface area contributed by atoms with Crippen LogP contribution >= 0.6 is 12.4 Å². The molecule has 1 N–H and O–H groups in total. The van der Waals surface area contributed by atoms with Crippen LogP contribution in [0.5, 0.6) is 0 Å². The first-order valence-electron chi connectivity index (χ1n) is 9.26. The highest BCUT2D eigenvalue weighted by Gasteiger charge is 2.32. The second kappa shape index (κ2) is 10.9. The largest absolute Gasteiger partial charge is 0.316 e. The number of nitrogens with zero attached hydrogens (tertiary/aromatic N) is 3. The molecular weight excluding hydrogens is 348 g/mol. The number of nitrogens with one attached hydrogen (secondary N) is 1. The minimum atomic E-state index is -3.28. The molecule has 8 heteroatoms. The molecule has 0 aromatic carbocycles. The molecule has 1 unspecified atom stereocenters. The summed E-state index contributed by atoms with van der Waals surface area (Å²) in [6.45, 7) is 11.7. The van der Waals surface area contributed by atoms with Gasteiger partial charge in [-0.1, -0.05) is 13.8 Å². The van der Waals surface area contributed by atoms with E-state index < -0.39 is 10.2 Å². The van der Waals surface area contributed by atoms with Crippen LogP contribution in [-0.2, 0) is 10.2 Å². The molecule has 2 saturated heterocycles. The summed E-state index contributed by atoms with van der Waals surface area (Å²) >= 11 is 0. The third kappa shape index (κ3) is 6.11. The van der Waals surface area contributed by atoms with Gasteiger partial charge in [0.1, 0.15) is 0 Å². The maximum absolute atomic E-state index is 12.8. The van der Waals surface area contributed by atoms with E-state index in [0.29, 0.717) is 26.2 Å². The Labute approximate surface area is 154 Å². The van der Waals surface area contributed by atoms with Crippen LogP contribution in [0.2, 0.25) is 0 Å². The van der Waals surface area contributed by atoms with Crippen LogP contribution in [0, 0.1) is 5.92 Å². The molecule has 0 spiro atoms. The van der Waals surface area contributed by atoms with Crippen LogP contribution in [0.3, 0.4) is 0 Å². The SMILES string of the molecule is CCCN(CCC)S(=O)(=O)N1CCN(CC2CCCNC2)CC1.Cl. The average molecular weight is 383 g/mol. The highest BCUT2D eigenvalue weighted by atomic mass is 35.5. The lowest BCUT2D eigenvalue weighted by molar-refractivity contribution is 0.149. The van der Waals surface area contributed by atoms with Crippen molar-refractivity contribution in [3.05, 3.63) is 0 Å². The summed E-state index contributed by atoms with van der Waals surface area (Å²) in [4.78, 5) is 2.44. The van der Waals surface area contributed by atoms with Gasteiger partial charge in [-0.25, -0.2) is 0 Å². The minimum Gasteiger partial charge on any atom is -0.316 e. The third-order valence-electron chi connectivity index (χ3n) is 4.85. The number of piperazine rings is 1. The van der Waals surface area contributed by atoms with Gasteiger partial charge >= 0.3 is 0 Å². The predicted molar refractivity (Wildman–Crippen MR) is 102 cm³/mol. The number of piperidine rings is 1. The fourth-order valence-electron chi connectivity index (χ4n) is 3.59. The third-order valence-corrected chi connectivity index (χ3v) is 6.88. The smallest absolute Gasteiger partial charge is 0.282 e. The molecule has 2 aliphatic rings. The van der Waals surface area contributed by atoms with E-state index in [0.717, 1.165) is 51.5 Å². The molecule has 0 bridgehead atoms. The van der Waals surface area contributed by atoms with Crippen LogP contribution in [0.1, 0.15) is 39.5 Å². The summed E-state index contributed by atoms with van der Waals surface area (Å²) in [5, 5.41) is 3.46. The second-order valence-electron chi connectivity index (χ2n) is 6.82. The van der Waals surface area contributed by atoms with E-state index in [-0.39, 0.29) is 12.4 Å². The van der Waals surface area contributed by atoms with Crippen LogP contribution in [0.4, 0.5) is 0 Å². The molecule has 2 aliphatic heterocycles. The maximum atomic E-state index is 12.8. The molecule has 0 aliphatic carbocycles. The summed E-state index contributed by atoms with van der Waals surface area (Å²) in [7, 11) is -3.28. The van der Waals surface area contributed by atoms with Gasteiger partial charge in [-0.15, -0.1) is 12.4 Å². The molecule has 0 saturated carbocycles. The quantitative estimate of drug-likeness (QED) is 0.689. The van der Waals surface area contributed by atoms with Gasteiger partial charge in [0.15, 0.2) is 0 Å². The Morgan fingerprint density at radius 2 is 1.71 bits per heavy atom. The van der Waals surface area contributed by atoms with Crippen LogP contribution in [0.15, 0.2) is 0 Å². The normalized spacial score (nSPS) is 24.0. The Hall–Kier alpha value is 0.0800. The lowest BCUT2D eigenvalue weighted by Gasteiger charge is -2.38. The van der Waals surface area contributed by atoms with Crippen LogP contribution in [-0.4, -0.2) is 80.8 Å². The summed E-state index contributed by atoms with van der Waals surface area (Å²) < 4.78 is 28.9. The molecular formula is C16H35ClN4O2S. The molecule has 1 atom stereocenters. The topological polar surface area (TPSA) is 55.9 Å². The van der Waals surface area contributed by atoms with E-state index in [1.165, 1.54) is 12.8 Å². The standard InChI is InChI=1S/C16H34N4O2S.ClH/c1-3-8-19(9-4-2)23(21,22)20-12-10-18(11-13-20)15-16-6-5-7-17-14-16;/h16-17H,3-15H2,1-2H3;1H. The summed E-state index contributed by atoms with van der Waals surface area (Å²) in [6.07, 6.45) is 4.30. The van der Waals surface area contributed by atoms with Crippen LogP contribution < -0.4 is 5.32 Å². The fourth-order valence-corrected chi connectivity index (χ4v) is 5.37. The molecule has 144 valence electrons. The first-order valence-corrected chi connectivity index (χ1v) is 10.7. The number of hydrogen-bond donors (Lipinski definition) is 1. The lowest BCUT2D eigenvalue weighted by Crippen LogP contribution is -2.54. The van der Waals surface area contributed by atoms with Gasteiger partial charge in [-0.3, -0.25) is 0 Å². The van der Waals surface area contributed by atoms with Crippen molar-refractivity contribution in [2.75, 3.05) is 58.9 Å². The minimum absolute atomic E-state index is 0. The number of halogens is 1. The molecule has 0 aromatic rings. The van der Waals surface area contributed by atoms with E-state index in [4.69, 9.17) is 0 Å². The summed E-state index contributed by atoms with van der Waals surface area (Å²) in [6, 6.07) is 0. The molecule has 2 rings (SSSR count). The first kappa shape index (κ1) is 22.1. The van der Waals surface area contributed by atoms with Crippen molar-refractivity contribution in [1.82, 2.24) is 18.8 Å². The van der Waals surface area contributed by atoms with Crippen molar-refractivity contribution in [3.63, 3.8) is 0 Å². The predicted octanol–water partition coefficient (Wildman–Crippen LogP) is 1.39. The number of hydrogen-bond acceptors (Lipinski definition) is 4. The highest BCUT2D eigenvalue weighted by Crippen LogP contribution is 2.16. The van der Waals surface area contributed by atoms with Crippen molar-refractivity contribution < 1.29 is 8.42 Å². The molecule has 0 aromatic heterocycles. The van der Waals surface area contributed by atoms with E-state index >= 15 is 0 Å². The summed E-state index contributed by atoms with van der Waals surface area (Å²) in [5.41, 5.74) is 0. The van der Waals surface area contributed by atoms with Gasteiger partial charge in [0.25, 0.3) is 10.2 Å². The monoisotopic (exact) mass is 382 g/mol. The fraction of sp³-hybridized carbons (Fsp3) is 1.00. The van der Waals surface area contributed by atoms with Crippen molar-refractivity contribution in [2.24, 2.45) is 5.92 Å². The molecule has 0 radical (unpaired) electrons. The van der Waals surface area contributed by atoms with Crippen molar-refractivity contribution in [2.45, 2.75) is 39.5 Å². The Morgan fingerprint density at radius 1 is 1.08 bits per heavy atom. The molecule has 2 heterocycles. The highest BCUT2D eigenvalue weighted by molar-refractivity contribution is 7.86. The molecule has 24 heavy (non-hydrogen) atoms. The molecule has 6 nitrogen and oxygen atoms in total. The van der Waals surface area contributed by atoms with Crippen molar-refractivity contribution in [1.29, 1.82) is 0 Å². The summed E-state index contributed by atoms with van der Waals surface area (Å²) in [5.74, 6) is 0.726. The average Bonchev–Trinajstić information content (AvgIpc) is 2.56. The van der Waals surface area contributed by atoms with E-state index in [9.17, 15) is 8.42 Å². The van der Waals surface area contributed by atoms with Crippen molar-refractivity contribution in [3.8, 4) is 0 Å². The zero-order valence-electron chi connectivity index (χ0n) is 15.2. The van der Waals surface area contributed by atoms with Gasteiger partial charge < -0.3 is 10.2 Å². The van der Waals surface area contributed by atoms with Crippen molar-refractivity contribution >= 4 is 22.6 Å². The van der Waals surface area contributed by atoms with Gasteiger partial charge in [-0.05, 0) is 44.7 Å². The number of rotatable bonds is 8. The van der Waals surface area contributed by atoms with Gasteiger partial charge in [-0.2, -0.15) is 17.0 Å². The van der Waals surface area contributed by atoms with E-state index in [1.54, 1.807) is 8.61 Å². The van der Waals surface area contributed by atoms with E-state index in [1.807, 2.05) is 13.8 Å². The zero-order chi connectivity index (χ0) is 16.7. The Bertz CT molecular complexity index is 429. The zero-order valence-corrected chi connectivity index (χ0v) is 16.9. The first-order chi connectivity index (χ1) is 11.1. The molecule has 2 fully saturated rings. The van der Waals surface area contributed by atoms with Crippen LogP contribution in [0.25, 0.3) is 0 Å². The molecule has 0 amide bonds. The van der Waals surface area contributed by atoms with Gasteiger partial charge in [0.2, 0.25) is 0 Å². The second-order valence-corrected chi connectivity index (χ2v) is 8.75. The maximum Gasteiger partial charge on any atom is 0.282 e. The Kier molecular flexibility index (Phi) is 10.1. The van der Waals surface area contributed by atoms with Gasteiger partial charge in [0, 0.05) is 45.8 Å². The van der Waals surface area contributed by atoms with Gasteiger partial charge in [0.05, 0.1) is 0 Å². The Morgan fingerprint density at radius 3 is 2.21 bits per heavy atom.